The van der Waals surface area contributed by atoms with Gasteiger partial charge in [-0.05, 0) is 57.7 Å². The van der Waals surface area contributed by atoms with Crippen LogP contribution in [-0.2, 0) is 4.79 Å². The summed E-state index contributed by atoms with van der Waals surface area (Å²) in [5.74, 6) is 0.577. The van der Waals surface area contributed by atoms with Crippen molar-refractivity contribution in [1.82, 2.24) is 9.80 Å². The molecule has 1 aromatic rings. The molecule has 0 saturated carbocycles. The first-order chi connectivity index (χ1) is 12.1. The fraction of sp³-hybridized carbons (Fsp3) is 0.619. The molecule has 0 N–H and O–H groups in total. The van der Waals surface area contributed by atoms with Crippen molar-refractivity contribution in [3.63, 3.8) is 0 Å². The Bertz CT molecular complexity index is 591. The normalized spacial score (nSPS) is 20.8. The zero-order valence-corrected chi connectivity index (χ0v) is 15.4. The molecule has 136 valence electrons. The van der Waals surface area contributed by atoms with E-state index in [1.165, 1.54) is 12.8 Å². The molecule has 2 heterocycles. The standard InChI is InChI=1S/C21H30N2O2/c1-2-23-17-21(11-10-20(23)25)12-15-22(16-13-21)14-6-9-19(24)18-7-4-3-5-8-18/h3-5,7-8H,2,6,9-17H2,1H3. The second-order valence-electron chi connectivity index (χ2n) is 7.64. The predicted molar refractivity (Wildman–Crippen MR) is 99.6 cm³/mol. The second-order valence-corrected chi connectivity index (χ2v) is 7.64. The first kappa shape index (κ1) is 18.1. The van der Waals surface area contributed by atoms with Crippen LogP contribution in [-0.4, -0.2) is 54.2 Å². The highest BCUT2D eigenvalue weighted by Crippen LogP contribution is 2.40. The lowest BCUT2D eigenvalue weighted by Gasteiger charge is -2.47. The van der Waals surface area contributed by atoms with Gasteiger partial charge in [0.05, 0.1) is 0 Å². The number of benzene rings is 1. The lowest BCUT2D eigenvalue weighted by atomic mass is 9.72. The first-order valence-corrected chi connectivity index (χ1v) is 9.70. The molecule has 1 spiro atoms. The van der Waals surface area contributed by atoms with E-state index in [9.17, 15) is 9.59 Å². The van der Waals surface area contributed by atoms with Gasteiger partial charge in [-0.1, -0.05) is 30.3 Å². The SMILES string of the molecule is CCN1CC2(CCC1=O)CCN(CCCC(=O)c1ccccc1)CC2. The Balaban J connectivity index is 1.41. The number of carbonyl (C=O) groups excluding carboxylic acids is 2. The van der Waals surface area contributed by atoms with Gasteiger partial charge in [-0.3, -0.25) is 9.59 Å². The smallest absolute Gasteiger partial charge is 0.222 e. The molecule has 0 atom stereocenters. The Morgan fingerprint density at radius 2 is 1.84 bits per heavy atom. The van der Waals surface area contributed by atoms with E-state index in [2.05, 4.69) is 11.8 Å². The minimum absolute atomic E-state index is 0.249. The van der Waals surface area contributed by atoms with E-state index >= 15 is 0 Å². The van der Waals surface area contributed by atoms with Gasteiger partial charge in [0.25, 0.3) is 0 Å². The van der Waals surface area contributed by atoms with Crippen LogP contribution in [0.4, 0.5) is 0 Å². The monoisotopic (exact) mass is 342 g/mol. The lowest BCUT2D eigenvalue weighted by Crippen LogP contribution is -2.51. The summed E-state index contributed by atoms with van der Waals surface area (Å²) in [5.41, 5.74) is 1.17. The summed E-state index contributed by atoms with van der Waals surface area (Å²) in [7, 11) is 0. The summed E-state index contributed by atoms with van der Waals surface area (Å²) in [6.45, 7) is 7.08. The van der Waals surface area contributed by atoms with E-state index in [1.54, 1.807) is 0 Å². The summed E-state index contributed by atoms with van der Waals surface area (Å²) >= 11 is 0. The van der Waals surface area contributed by atoms with Gasteiger partial charge in [0.15, 0.2) is 5.78 Å². The number of hydrogen-bond acceptors (Lipinski definition) is 3. The third-order valence-corrected chi connectivity index (χ3v) is 6.02. The highest BCUT2D eigenvalue weighted by Gasteiger charge is 2.40. The molecular formula is C21H30N2O2. The van der Waals surface area contributed by atoms with Crippen molar-refractivity contribution in [2.24, 2.45) is 5.41 Å². The van der Waals surface area contributed by atoms with Gasteiger partial charge in [-0.2, -0.15) is 0 Å². The average Bonchev–Trinajstić information content (AvgIpc) is 2.66. The van der Waals surface area contributed by atoms with Crippen LogP contribution < -0.4 is 0 Å². The van der Waals surface area contributed by atoms with Crippen molar-refractivity contribution in [2.45, 2.75) is 45.4 Å². The fourth-order valence-electron chi connectivity index (χ4n) is 4.28. The minimum Gasteiger partial charge on any atom is -0.342 e. The average molecular weight is 342 g/mol. The van der Waals surface area contributed by atoms with Crippen LogP contribution in [0, 0.1) is 5.41 Å². The number of amides is 1. The maximum atomic E-state index is 12.2. The molecule has 2 saturated heterocycles. The van der Waals surface area contributed by atoms with Crippen LogP contribution in [0.25, 0.3) is 0 Å². The van der Waals surface area contributed by atoms with Gasteiger partial charge in [-0.25, -0.2) is 0 Å². The van der Waals surface area contributed by atoms with Crippen molar-refractivity contribution in [2.75, 3.05) is 32.7 Å². The molecule has 0 unspecified atom stereocenters. The highest BCUT2D eigenvalue weighted by atomic mass is 16.2. The van der Waals surface area contributed by atoms with Crippen molar-refractivity contribution in [3.05, 3.63) is 35.9 Å². The molecule has 3 rings (SSSR count). The summed E-state index contributed by atoms with van der Waals surface area (Å²) in [6.07, 6.45) is 5.71. The molecular weight excluding hydrogens is 312 g/mol. The molecule has 2 aliphatic rings. The van der Waals surface area contributed by atoms with Gasteiger partial charge < -0.3 is 9.80 Å². The molecule has 2 fully saturated rings. The summed E-state index contributed by atoms with van der Waals surface area (Å²) < 4.78 is 0. The highest BCUT2D eigenvalue weighted by molar-refractivity contribution is 5.95. The Kier molecular flexibility index (Phi) is 5.89. The molecule has 0 aromatic heterocycles. The molecule has 25 heavy (non-hydrogen) atoms. The van der Waals surface area contributed by atoms with E-state index < -0.39 is 0 Å². The van der Waals surface area contributed by atoms with Gasteiger partial charge in [-0.15, -0.1) is 0 Å². The third kappa shape index (κ3) is 4.49. The van der Waals surface area contributed by atoms with Crippen LogP contribution in [0.1, 0.15) is 55.8 Å². The first-order valence-electron chi connectivity index (χ1n) is 9.70. The number of Topliss-reactive ketones (excluding diaryl/α,β-unsaturated/α-hetero) is 1. The number of ketones is 1. The maximum Gasteiger partial charge on any atom is 0.222 e. The largest absolute Gasteiger partial charge is 0.342 e. The zero-order chi connectivity index (χ0) is 17.7. The summed E-state index contributed by atoms with van der Waals surface area (Å²) in [4.78, 5) is 28.6. The van der Waals surface area contributed by atoms with Crippen LogP contribution in [0.5, 0.6) is 0 Å². The van der Waals surface area contributed by atoms with E-state index in [4.69, 9.17) is 0 Å². The Morgan fingerprint density at radius 1 is 1.12 bits per heavy atom. The zero-order valence-electron chi connectivity index (χ0n) is 15.4. The molecule has 4 nitrogen and oxygen atoms in total. The molecule has 4 heteroatoms. The number of rotatable bonds is 6. The van der Waals surface area contributed by atoms with Crippen LogP contribution >= 0.6 is 0 Å². The van der Waals surface area contributed by atoms with E-state index in [0.29, 0.717) is 17.7 Å². The predicted octanol–water partition coefficient (Wildman–Crippen LogP) is 3.37. The third-order valence-electron chi connectivity index (χ3n) is 6.02. The number of nitrogens with zero attached hydrogens (tertiary/aromatic N) is 2. The summed E-state index contributed by atoms with van der Waals surface area (Å²) in [6, 6.07) is 9.59. The van der Waals surface area contributed by atoms with Gasteiger partial charge in [0.2, 0.25) is 5.91 Å². The van der Waals surface area contributed by atoms with Crippen molar-refractivity contribution in [3.8, 4) is 0 Å². The number of carbonyl (C=O) groups is 2. The topological polar surface area (TPSA) is 40.6 Å². The maximum absolute atomic E-state index is 12.2. The van der Waals surface area contributed by atoms with Crippen LogP contribution in [0.2, 0.25) is 0 Å². The molecule has 1 amide bonds. The van der Waals surface area contributed by atoms with Crippen molar-refractivity contribution >= 4 is 11.7 Å². The molecule has 0 radical (unpaired) electrons. The Morgan fingerprint density at radius 3 is 2.52 bits per heavy atom. The number of hydrogen-bond donors (Lipinski definition) is 0. The lowest BCUT2D eigenvalue weighted by molar-refractivity contribution is -0.138. The van der Waals surface area contributed by atoms with E-state index in [1.807, 2.05) is 35.2 Å². The van der Waals surface area contributed by atoms with Gasteiger partial charge in [0.1, 0.15) is 0 Å². The van der Waals surface area contributed by atoms with Crippen LogP contribution in [0.15, 0.2) is 30.3 Å². The van der Waals surface area contributed by atoms with Crippen molar-refractivity contribution < 1.29 is 9.59 Å². The molecule has 1 aromatic carbocycles. The molecule has 2 aliphatic heterocycles. The van der Waals surface area contributed by atoms with Gasteiger partial charge >= 0.3 is 0 Å². The van der Waals surface area contributed by atoms with E-state index in [0.717, 1.165) is 57.5 Å². The van der Waals surface area contributed by atoms with Crippen molar-refractivity contribution in [1.29, 1.82) is 0 Å². The summed E-state index contributed by atoms with van der Waals surface area (Å²) in [5, 5.41) is 0. The van der Waals surface area contributed by atoms with Gasteiger partial charge in [0, 0.05) is 31.5 Å². The number of likely N-dealkylation sites (tertiary alicyclic amines) is 2. The quantitative estimate of drug-likeness (QED) is 0.744. The fourth-order valence-corrected chi connectivity index (χ4v) is 4.28. The Hall–Kier alpha value is -1.68. The molecule has 0 bridgehead atoms. The van der Waals surface area contributed by atoms with E-state index in [-0.39, 0.29) is 5.78 Å². The second kappa shape index (κ2) is 8.13. The minimum atomic E-state index is 0.249. The molecule has 0 aliphatic carbocycles. The Labute approximate surface area is 151 Å². The van der Waals surface area contributed by atoms with Crippen LogP contribution in [0.3, 0.4) is 0 Å². The number of piperidine rings is 2.